The molecule has 4 nitrogen and oxygen atoms in total. The van der Waals surface area contributed by atoms with Gasteiger partial charge in [0.25, 0.3) is 0 Å². The minimum Gasteiger partial charge on any atom is -0.385 e. The van der Waals surface area contributed by atoms with Gasteiger partial charge in [0.15, 0.2) is 0 Å². The number of ether oxygens (including phenoxy) is 1. The number of likely N-dealkylation sites (N-methyl/N-ethyl adjacent to an activating group) is 1. The summed E-state index contributed by atoms with van der Waals surface area (Å²) < 4.78 is 32.2. The number of epoxide rings is 1. The van der Waals surface area contributed by atoms with Crippen molar-refractivity contribution >= 4 is 11.5 Å². The summed E-state index contributed by atoms with van der Waals surface area (Å²) in [7, 11) is 0. The van der Waals surface area contributed by atoms with E-state index in [1.54, 1.807) is 0 Å². The molecule has 6 heteroatoms. The van der Waals surface area contributed by atoms with Crippen LogP contribution in [0, 0.1) is 11.6 Å². The highest BCUT2D eigenvalue weighted by molar-refractivity contribution is 5.88. The van der Waals surface area contributed by atoms with Crippen LogP contribution in [-0.2, 0) is 4.74 Å². The third-order valence-electron chi connectivity index (χ3n) is 3.77. The van der Waals surface area contributed by atoms with Crippen LogP contribution >= 0.6 is 0 Å². The fourth-order valence-electron chi connectivity index (χ4n) is 2.69. The molecule has 0 aromatic heterocycles. The molecule has 108 valence electrons. The van der Waals surface area contributed by atoms with Crippen LogP contribution in [0.2, 0.25) is 0 Å². The number of amidine groups is 1. The Morgan fingerprint density at radius 3 is 2.90 bits per heavy atom. The molecule has 2 heterocycles. The zero-order valence-electron chi connectivity index (χ0n) is 11.2. The predicted octanol–water partition coefficient (Wildman–Crippen LogP) is 1.69. The second-order valence-corrected chi connectivity index (χ2v) is 5.17. The normalized spacial score (nSPS) is 27.8. The van der Waals surface area contributed by atoms with Crippen LogP contribution in [0.15, 0.2) is 23.2 Å². The molecular weight excluding hydrogens is 264 g/mol. The fourth-order valence-corrected chi connectivity index (χ4v) is 2.69. The van der Waals surface area contributed by atoms with E-state index in [9.17, 15) is 8.78 Å². The van der Waals surface area contributed by atoms with Crippen molar-refractivity contribution in [3.8, 4) is 0 Å². The van der Waals surface area contributed by atoms with Gasteiger partial charge >= 0.3 is 0 Å². The van der Waals surface area contributed by atoms with Crippen LogP contribution in [0.1, 0.15) is 13.3 Å². The van der Waals surface area contributed by atoms with Crippen molar-refractivity contribution in [1.82, 2.24) is 0 Å². The molecule has 0 radical (unpaired) electrons. The monoisotopic (exact) mass is 281 g/mol. The lowest BCUT2D eigenvalue weighted by Crippen LogP contribution is -2.37. The Kier molecular flexibility index (Phi) is 3.33. The second-order valence-electron chi connectivity index (χ2n) is 5.17. The van der Waals surface area contributed by atoms with E-state index in [0.29, 0.717) is 24.6 Å². The lowest BCUT2D eigenvalue weighted by atomic mass is 10.1. The van der Waals surface area contributed by atoms with Crippen LogP contribution in [0.5, 0.6) is 0 Å². The average molecular weight is 281 g/mol. The van der Waals surface area contributed by atoms with Crippen molar-refractivity contribution in [2.24, 2.45) is 10.7 Å². The average Bonchev–Trinajstić information content (AvgIpc) is 3.16. The first kappa shape index (κ1) is 13.3. The molecule has 0 amide bonds. The highest BCUT2D eigenvalue weighted by Gasteiger charge is 2.46. The Morgan fingerprint density at radius 2 is 2.25 bits per heavy atom. The molecule has 20 heavy (non-hydrogen) atoms. The van der Waals surface area contributed by atoms with Gasteiger partial charge in [-0.1, -0.05) is 0 Å². The lowest BCUT2D eigenvalue weighted by molar-refractivity contribution is 0.377. The highest BCUT2D eigenvalue weighted by Crippen LogP contribution is 2.32. The number of anilines is 1. The van der Waals surface area contributed by atoms with Crippen LogP contribution in [0.25, 0.3) is 0 Å². The smallest absolute Gasteiger partial charge is 0.149 e. The molecule has 2 aliphatic rings. The maximum Gasteiger partial charge on any atom is 0.149 e. The number of hydrogen-bond acceptors (Lipinski definition) is 4. The van der Waals surface area contributed by atoms with E-state index in [0.717, 1.165) is 12.5 Å². The number of aliphatic imine (C=N–C) groups is 1. The maximum atomic E-state index is 13.8. The van der Waals surface area contributed by atoms with Gasteiger partial charge in [-0.25, -0.2) is 8.78 Å². The van der Waals surface area contributed by atoms with Gasteiger partial charge in [-0.05, 0) is 19.1 Å². The van der Waals surface area contributed by atoms with Gasteiger partial charge in [0.2, 0.25) is 0 Å². The SMILES string of the molecule is CCN(C[C@H]1CC2OC2C(N)=N1)c1ccc(F)cc1F. The molecule has 0 bridgehead atoms. The largest absolute Gasteiger partial charge is 0.385 e. The molecule has 2 N–H and O–H groups in total. The summed E-state index contributed by atoms with van der Waals surface area (Å²) in [6.45, 7) is 3.09. The van der Waals surface area contributed by atoms with Crippen molar-refractivity contribution in [1.29, 1.82) is 0 Å². The number of halogens is 2. The number of benzene rings is 1. The van der Waals surface area contributed by atoms with Crippen LogP contribution in [-0.4, -0.2) is 37.2 Å². The van der Waals surface area contributed by atoms with E-state index in [1.165, 1.54) is 12.1 Å². The summed E-state index contributed by atoms with van der Waals surface area (Å²) in [5.41, 5.74) is 6.19. The van der Waals surface area contributed by atoms with Gasteiger partial charge in [-0.3, -0.25) is 4.99 Å². The summed E-state index contributed by atoms with van der Waals surface area (Å²) in [6.07, 6.45) is 0.947. The summed E-state index contributed by atoms with van der Waals surface area (Å²) >= 11 is 0. The van der Waals surface area contributed by atoms with E-state index in [4.69, 9.17) is 10.5 Å². The maximum absolute atomic E-state index is 13.8. The number of hydrogen-bond donors (Lipinski definition) is 1. The highest BCUT2D eigenvalue weighted by atomic mass is 19.1. The molecule has 3 rings (SSSR count). The zero-order chi connectivity index (χ0) is 14.3. The molecule has 2 unspecified atom stereocenters. The molecule has 2 aliphatic heterocycles. The van der Waals surface area contributed by atoms with Crippen LogP contribution in [0.3, 0.4) is 0 Å². The van der Waals surface area contributed by atoms with E-state index in [1.807, 2.05) is 11.8 Å². The Balaban J connectivity index is 1.75. The van der Waals surface area contributed by atoms with Crippen molar-refractivity contribution in [2.45, 2.75) is 31.6 Å². The molecule has 3 atom stereocenters. The van der Waals surface area contributed by atoms with E-state index < -0.39 is 11.6 Å². The van der Waals surface area contributed by atoms with Gasteiger partial charge in [-0.15, -0.1) is 0 Å². The second kappa shape index (κ2) is 5.01. The summed E-state index contributed by atoms with van der Waals surface area (Å²) in [5.74, 6) is -0.599. The number of nitrogens with zero attached hydrogens (tertiary/aromatic N) is 2. The molecule has 1 saturated heterocycles. The lowest BCUT2D eigenvalue weighted by Gasteiger charge is -2.27. The topological polar surface area (TPSA) is 54.1 Å². The first-order chi connectivity index (χ1) is 9.58. The molecule has 1 aromatic rings. The van der Waals surface area contributed by atoms with Gasteiger partial charge in [0.1, 0.15) is 23.6 Å². The Morgan fingerprint density at radius 1 is 1.45 bits per heavy atom. The molecule has 1 aromatic carbocycles. The Bertz CT molecular complexity index is 549. The van der Waals surface area contributed by atoms with Crippen LogP contribution < -0.4 is 10.6 Å². The van der Waals surface area contributed by atoms with Gasteiger partial charge in [0, 0.05) is 25.6 Å². The number of rotatable bonds is 4. The zero-order valence-corrected chi connectivity index (χ0v) is 11.2. The van der Waals surface area contributed by atoms with E-state index in [2.05, 4.69) is 4.99 Å². The quantitative estimate of drug-likeness (QED) is 0.854. The van der Waals surface area contributed by atoms with Crippen LogP contribution in [0.4, 0.5) is 14.5 Å². The summed E-state index contributed by atoms with van der Waals surface area (Å²) in [4.78, 5) is 6.24. The fraction of sp³-hybridized carbons (Fsp3) is 0.500. The Hall–Kier alpha value is -1.69. The van der Waals surface area contributed by atoms with Crippen molar-refractivity contribution < 1.29 is 13.5 Å². The van der Waals surface area contributed by atoms with Crippen molar-refractivity contribution in [3.05, 3.63) is 29.8 Å². The third-order valence-corrected chi connectivity index (χ3v) is 3.77. The van der Waals surface area contributed by atoms with Crippen molar-refractivity contribution in [3.63, 3.8) is 0 Å². The van der Waals surface area contributed by atoms with Gasteiger partial charge in [0.05, 0.1) is 17.8 Å². The summed E-state index contributed by atoms with van der Waals surface area (Å²) in [5, 5.41) is 0. The molecular formula is C14H17F2N3O. The molecule has 0 saturated carbocycles. The first-order valence-electron chi connectivity index (χ1n) is 6.77. The Labute approximate surface area is 116 Å². The third kappa shape index (κ3) is 2.47. The van der Waals surface area contributed by atoms with Gasteiger partial charge in [-0.2, -0.15) is 0 Å². The number of fused-ring (bicyclic) bond motifs is 1. The standard InChI is InChI=1S/C14H17F2N3O/c1-2-19(11-4-3-8(15)5-10(11)16)7-9-6-12-13(20-12)14(17)18-9/h3-5,9,12-13H,2,6-7H2,1H3,(H2,17,18)/t9-,12?,13?/m1/s1. The minimum atomic E-state index is -0.573. The predicted molar refractivity (Wildman–Crippen MR) is 72.9 cm³/mol. The van der Waals surface area contributed by atoms with Gasteiger partial charge < -0.3 is 15.4 Å². The first-order valence-corrected chi connectivity index (χ1v) is 6.77. The number of nitrogens with two attached hydrogens (primary N) is 1. The van der Waals surface area contributed by atoms with E-state index >= 15 is 0 Å². The van der Waals surface area contributed by atoms with E-state index in [-0.39, 0.29) is 18.2 Å². The molecule has 1 fully saturated rings. The minimum absolute atomic E-state index is 0.0103. The molecule has 0 spiro atoms. The van der Waals surface area contributed by atoms with Crippen molar-refractivity contribution in [2.75, 3.05) is 18.0 Å². The molecule has 0 aliphatic carbocycles. The summed E-state index contributed by atoms with van der Waals surface area (Å²) in [6, 6.07) is 3.61.